The Morgan fingerprint density at radius 1 is 1.16 bits per heavy atom. The summed E-state index contributed by atoms with van der Waals surface area (Å²) in [5.41, 5.74) is 0.372. The summed E-state index contributed by atoms with van der Waals surface area (Å²) in [6.07, 6.45) is 3.52. The Kier molecular flexibility index (Phi) is 2.97. The topological polar surface area (TPSA) is 49.4 Å². The molecule has 1 aliphatic heterocycles. The third kappa shape index (κ3) is 2.00. The molecule has 0 aromatic heterocycles. The van der Waals surface area contributed by atoms with Crippen molar-refractivity contribution in [2.75, 3.05) is 0 Å². The average Bonchev–Trinajstić information content (AvgIpc) is 2.95. The largest absolute Gasteiger partial charge is 0.325 e. The summed E-state index contributed by atoms with van der Waals surface area (Å²) >= 11 is 5.85. The second kappa shape index (κ2) is 4.53. The molecule has 1 aliphatic carbocycles. The predicted octanol–water partition coefficient (Wildman–Crippen LogP) is 2.70. The van der Waals surface area contributed by atoms with Gasteiger partial charge in [0, 0.05) is 11.6 Å². The third-order valence-electron chi connectivity index (χ3n) is 4.09. The van der Waals surface area contributed by atoms with Crippen LogP contribution in [-0.4, -0.2) is 22.4 Å². The second-order valence-corrected chi connectivity index (χ2v) is 5.65. The van der Waals surface area contributed by atoms with E-state index in [0.29, 0.717) is 11.6 Å². The molecule has 1 saturated carbocycles. The highest BCUT2D eigenvalue weighted by Gasteiger charge is 2.53. The van der Waals surface area contributed by atoms with Crippen molar-refractivity contribution < 1.29 is 9.59 Å². The fraction of sp³-hybridized carbons (Fsp3) is 0.429. The van der Waals surface area contributed by atoms with Crippen LogP contribution in [0.5, 0.6) is 0 Å². The van der Waals surface area contributed by atoms with Crippen molar-refractivity contribution in [2.24, 2.45) is 0 Å². The van der Waals surface area contributed by atoms with Gasteiger partial charge >= 0.3 is 6.03 Å². The first-order valence-corrected chi connectivity index (χ1v) is 6.87. The van der Waals surface area contributed by atoms with Gasteiger partial charge < -0.3 is 4.90 Å². The Balaban J connectivity index is 1.87. The van der Waals surface area contributed by atoms with E-state index in [1.54, 1.807) is 17.0 Å². The van der Waals surface area contributed by atoms with E-state index < -0.39 is 5.54 Å². The molecule has 1 heterocycles. The molecule has 3 amide bonds. The van der Waals surface area contributed by atoms with Crippen LogP contribution in [0.2, 0.25) is 5.02 Å². The Hall–Kier alpha value is -1.55. The predicted molar refractivity (Wildman–Crippen MR) is 71.7 cm³/mol. The number of hydrogen-bond acceptors (Lipinski definition) is 2. The molecule has 2 fully saturated rings. The van der Waals surface area contributed by atoms with Crippen LogP contribution in [0.3, 0.4) is 0 Å². The monoisotopic (exact) mass is 278 g/mol. The first kappa shape index (κ1) is 12.5. The molecular weight excluding hydrogens is 264 g/mol. The van der Waals surface area contributed by atoms with Crippen LogP contribution < -0.4 is 5.32 Å². The Morgan fingerprint density at radius 2 is 1.79 bits per heavy atom. The van der Waals surface area contributed by atoms with Gasteiger partial charge in [0.1, 0.15) is 5.54 Å². The van der Waals surface area contributed by atoms with Gasteiger partial charge in [0.15, 0.2) is 0 Å². The lowest BCUT2D eigenvalue weighted by Crippen LogP contribution is -2.46. The first-order valence-electron chi connectivity index (χ1n) is 6.49. The van der Waals surface area contributed by atoms with Crippen molar-refractivity contribution in [2.45, 2.75) is 37.8 Å². The fourth-order valence-corrected chi connectivity index (χ4v) is 3.18. The SMILES string of the molecule is O=C1NC(=O)C2(CCCC2)N1Cc1ccc(Cl)cc1. The number of carbonyl (C=O) groups excluding carboxylic acids is 2. The maximum atomic E-state index is 12.1. The van der Waals surface area contributed by atoms with E-state index in [0.717, 1.165) is 31.2 Å². The number of hydrogen-bond donors (Lipinski definition) is 1. The van der Waals surface area contributed by atoms with Crippen molar-refractivity contribution in [3.8, 4) is 0 Å². The van der Waals surface area contributed by atoms with Gasteiger partial charge in [0.05, 0.1) is 0 Å². The zero-order chi connectivity index (χ0) is 13.5. The molecule has 100 valence electrons. The van der Waals surface area contributed by atoms with Crippen LogP contribution in [0, 0.1) is 0 Å². The summed E-state index contributed by atoms with van der Waals surface area (Å²) in [5.74, 6) is -0.135. The lowest BCUT2D eigenvalue weighted by Gasteiger charge is -2.31. The minimum absolute atomic E-state index is 0.135. The highest BCUT2D eigenvalue weighted by Crippen LogP contribution is 2.39. The molecule has 0 radical (unpaired) electrons. The summed E-state index contributed by atoms with van der Waals surface area (Å²) < 4.78 is 0. The number of imide groups is 1. The quantitative estimate of drug-likeness (QED) is 0.846. The number of carbonyl (C=O) groups is 2. The van der Waals surface area contributed by atoms with Gasteiger partial charge in [-0.05, 0) is 30.5 Å². The van der Waals surface area contributed by atoms with Crippen molar-refractivity contribution in [1.82, 2.24) is 10.2 Å². The van der Waals surface area contributed by atoms with Crippen LogP contribution in [0.4, 0.5) is 4.79 Å². The normalized spacial score (nSPS) is 21.2. The first-order chi connectivity index (χ1) is 9.12. The summed E-state index contributed by atoms with van der Waals surface area (Å²) in [6.45, 7) is 0.453. The molecule has 1 aromatic rings. The van der Waals surface area contributed by atoms with Crippen LogP contribution in [-0.2, 0) is 11.3 Å². The summed E-state index contributed by atoms with van der Waals surface area (Å²) in [6, 6.07) is 7.10. The van der Waals surface area contributed by atoms with E-state index in [4.69, 9.17) is 11.6 Å². The number of rotatable bonds is 2. The Morgan fingerprint density at radius 3 is 2.42 bits per heavy atom. The van der Waals surface area contributed by atoms with Crippen molar-refractivity contribution >= 4 is 23.5 Å². The molecule has 5 heteroatoms. The zero-order valence-electron chi connectivity index (χ0n) is 10.5. The van der Waals surface area contributed by atoms with Gasteiger partial charge in [0.2, 0.25) is 0 Å². The van der Waals surface area contributed by atoms with E-state index >= 15 is 0 Å². The molecule has 0 unspecified atom stereocenters. The molecular formula is C14H15ClN2O2. The van der Waals surface area contributed by atoms with Gasteiger partial charge in [-0.3, -0.25) is 10.1 Å². The molecule has 2 aliphatic rings. The molecule has 1 saturated heterocycles. The molecule has 1 N–H and O–H groups in total. The zero-order valence-corrected chi connectivity index (χ0v) is 11.2. The Labute approximate surface area is 116 Å². The minimum atomic E-state index is -0.614. The van der Waals surface area contributed by atoms with Gasteiger partial charge in [-0.1, -0.05) is 36.6 Å². The number of benzene rings is 1. The molecule has 19 heavy (non-hydrogen) atoms. The number of halogens is 1. The average molecular weight is 279 g/mol. The Bertz CT molecular complexity index is 521. The number of amides is 3. The maximum Gasteiger partial charge on any atom is 0.325 e. The van der Waals surface area contributed by atoms with Crippen LogP contribution >= 0.6 is 11.6 Å². The minimum Gasteiger partial charge on any atom is -0.305 e. The molecule has 0 atom stereocenters. The van der Waals surface area contributed by atoms with Crippen LogP contribution in [0.25, 0.3) is 0 Å². The fourth-order valence-electron chi connectivity index (χ4n) is 3.05. The van der Waals surface area contributed by atoms with E-state index in [1.165, 1.54) is 0 Å². The second-order valence-electron chi connectivity index (χ2n) is 5.21. The van der Waals surface area contributed by atoms with Gasteiger partial charge in [-0.25, -0.2) is 4.79 Å². The van der Waals surface area contributed by atoms with E-state index in [2.05, 4.69) is 5.32 Å². The lowest BCUT2D eigenvalue weighted by molar-refractivity contribution is -0.126. The van der Waals surface area contributed by atoms with Crippen molar-refractivity contribution in [3.05, 3.63) is 34.9 Å². The molecule has 1 spiro atoms. The lowest BCUT2D eigenvalue weighted by atomic mass is 9.95. The molecule has 3 rings (SSSR count). The highest BCUT2D eigenvalue weighted by atomic mass is 35.5. The van der Waals surface area contributed by atoms with E-state index in [9.17, 15) is 9.59 Å². The summed E-state index contributed by atoms with van der Waals surface area (Å²) in [7, 11) is 0. The number of urea groups is 1. The van der Waals surface area contributed by atoms with Crippen LogP contribution in [0.1, 0.15) is 31.2 Å². The van der Waals surface area contributed by atoms with Gasteiger partial charge in [-0.2, -0.15) is 0 Å². The van der Waals surface area contributed by atoms with Crippen LogP contribution in [0.15, 0.2) is 24.3 Å². The number of nitrogens with zero attached hydrogens (tertiary/aromatic N) is 1. The molecule has 0 bridgehead atoms. The highest BCUT2D eigenvalue weighted by molar-refractivity contribution is 6.30. The molecule has 4 nitrogen and oxygen atoms in total. The van der Waals surface area contributed by atoms with E-state index in [-0.39, 0.29) is 11.9 Å². The third-order valence-corrected chi connectivity index (χ3v) is 4.34. The standard InChI is InChI=1S/C14H15ClN2O2/c15-11-5-3-10(4-6-11)9-17-13(19)16-12(18)14(17)7-1-2-8-14/h3-6H,1-2,7-9H2,(H,16,18,19). The molecule has 1 aromatic carbocycles. The summed E-state index contributed by atoms with van der Waals surface area (Å²) in [4.78, 5) is 25.7. The van der Waals surface area contributed by atoms with Crippen molar-refractivity contribution in [3.63, 3.8) is 0 Å². The van der Waals surface area contributed by atoms with Crippen molar-refractivity contribution in [1.29, 1.82) is 0 Å². The van der Waals surface area contributed by atoms with Gasteiger partial charge in [-0.15, -0.1) is 0 Å². The summed E-state index contributed by atoms with van der Waals surface area (Å²) in [5, 5.41) is 3.12. The van der Waals surface area contributed by atoms with E-state index in [1.807, 2.05) is 12.1 Å². The smallest absolute Gasteiger partial charge is 0.305 e. The van der Waals surface area contributed by atoms with Gasteiger partial charge in [0.25, 0.3) is 5.91 Å². The maximum absolute atomic E-state index is 12.1. The number of nitrogens with one attached hydrogen (secondary N) is 1.